The first-order chi connectivity index (χ1) is 7.92. The number of para-hydroxylation sites is 1. The zero-order valence-electron chi connectivity index (χ0n) is 8.80. The van der Waals surface area contributed by atoms with E-state index in [1.165, 1.54) is 9.17 Å². The van der Waals surface area contributed by atoms with Crippen LogP contribution in [0.5, 0.6) is 5.75 Å². The number of ether oxygens (including phenoxy) is 1. The number of hydrogen-bond acceptors (Lipinski definition) is 1. The standard InChI is InChI=1S/C14H12OTe/c1-2-7-12(8-3-1)16-14-10-11-6-4-5-9-13(11)15-14/h1-9,14H,10H2. The van der Waals surface area contributed by atoms with Crippen LogP contribution in [-0.4, -0.2) is 25.1 Å². The van der Waals surface area contributed by atoms with Gasteiger partial charge in [0.2, 0.25) is 0 Å². The van der Waals surface area contributed by atoms with E-state index in [1.54, 1.807) is 0 Å². The molecule has 0 saturated heterocycles. The van der Waals surface area contributed by atoms with Crippen LogP contribution >= 0.6 is 0 Å². The van der Waals surface area contributed by atoms with Crippen LogP contribution in [0.3, 0.4) is 0 Å². The minimum absolute atomic E-state index is 0.237. The van der Waals surface area contributed by atoms with Crippen molar-refractivity contribution in [2.75, 3.05) is 0 Å². The summed E-state index contributed by atoms with van der Waals surface area (Å²) >= 11 is -0.237. The predicted molar refractivity (Wildman–Crippen MR) is 66.4 cm³/mol. The zero-order valence-corrected chi connectivity index (χ0v) is 11.1. The summed E-state index contributed by atoms with van der Waals surface area (Å²) in [6, 6.07) is 19.1. The zero-order chi connectivity index (χ0) is 10.8. The molecule has 1 aliphatic rings. The van der Waals surface area contributed by atoms with Crippen LogP contribution in [0.1, 0.15) is 5.56 Å². The predicted octanol–water partition coefficient (Wildman–Crippen LogP) is 1.98. The van der Waals surface area contributed by atoms with Gasteiger partial charge in [-0.15, -0.1) is 0 Å². The third kappa shape index (κ3) is 2.09. The second-order valence-corrected chi connectivity index (χ2v) is 7.31. The molecule has 0 N–H and O–H groups in total. The Kier molecular flexibility index (Phi) is 2.86. The van der Waals surface area contributed by atoms with Gasteiger partial charge in [0.15, 0.2) is 0 Å². The van der Waals surface area contributed by atoms with Gasteiger partial charge < -0.3 is 0 Å². The number of benzene rings is 2. The van der Waals surface area contributed by atoms with Gasteiger partial charge in [0, 0.05) is 0 Å². The van der Waals surface area contributed by atoms with Gasteiger partial charge in [-0.05, 0) is 0 Å². The summed E-state index contributed by atoms with van der Waals surface area (Å²) in [5, 5.41) is 0. The molecule has 16 heavy (non-hydrogen) atoms. The number of rotatable bonds is 2. The van der Waals surface area contributed by atoms with E-state index in [2.05, 4.69) is 48.5 Å². The van der Waals surface area contributed by atoms with Crippen LogP contribution < -0.4 is 8.35 Å². The average molecular weight is 324 g/mol. The molecule has 1 heterocycles. The van der Waals surface area contributed by atoms with E-state index in [4.69, 9.17) is 4.74 Å². The van der Waals surface area contributed by atoms with Crippen molar-refractivity contribution in [2.24, 2.45) is 0 Å². The first-order valence-electron chi connectivity index (χ1n) is 5.38. The first kappa shape index (κ1) is 10.2. The molecule has 80 valence electrons. The van der Waals surface area contributed by atoms with Crippen molar-refractivity contribution in [1.29, 1.82) is 0 Å². The summed E-state index contributed by atoms with van der Waals surface area (Å²) in [5.74, 6) is 1.09. The summed E-state index contributed by atoms with van der Waals surface area (Å²) in [5.41, 5.74) is 1.37. The Bertz CT molecular complexity index is 456. The fourth-order valence-corrected chi connectivity index (χ4v) is 4.81. The summed E-state index contributed by atoms with van der Waals surface area (Å²) in [7, 11) is 0. The fourth-order valence-electron chi connectivity index (χ4n) is 1.87. The second kappa shape index (κ2) is 4.49. The molecule has 1 nitrogen and oxygen atoms in total. The van der Waals surface area contributed by atoms with Gasteiger partial charge in [0.25, 0.3) is 0 Å². The van der Waals surface area contributed by atoms with Crippen molar-refractivity contribution >= 4 is 24.5 Å². The van der Waals surface area contributed by atoms with E-state index >= 15 is 0 Å². The minimum atomic E-state index is -0.237. The summed E-state index contributed by atoms with van der Waals surface area (Å²) < 4.78 is 7.88. The van der Waals surface area contributed by atoms with Crippen molar-refractivity contribution in [3.8, 4) is 5.75 Å². The van der Waals surface area contributed by atoms with E-state index in [9.17, 15) is 0 Å². The molecule has 1 unspecified atom stereocenters. The van der Waals surface area contributed by atoms with E-state index in [1.807, 2.05) is 6.07 Å². The Labute approximate surface area is 106 Å². The van der Waals surface area contributed by atoms with Crippen molar-refractivity contribution in [3.63, 3.8) is 0 Å². The molecule has 2 heteroatoms. The third-order valence-electron chi connectivity index (χ3n) is 2.63. The Hall–Kier alpha value is -0.970. The summed E-state index contributed by atoms with van der Waals surface area (Å²) in [6.07, 6.45) is 1.09. The van der Waals surface area contributed by atoms with Gasteiger partial charge in [-0.25, -0.2) is 0 Å². The maximum atomic E-state index is 5.97. The van der Waals surface area contributed by atoms with Crippen LogP contribution in [0.15, 0.2) is 54.6 Å². The second-order valence-electron chi connectivity index (χ2n) is 3.79. The molecule has 0 amide bonds. The monoisotopic (exact) mass is 326 g/mol. The normalized spacial score (nSPS) is 17.9. The summed E-state index contributed by atoms with van der Waals surface area (Å²) in [6.45, 7) is 0. The molecule has 0 fully saturated rings. The number of fused-ring (bicyclic) bond motifs is 1. The van der Waals surface area contributed by atoms with Crippen molar-refractivity contribution in [2.45, 2.75) is 10.6 Å². The van der Waals surface area contributed by atoms with Gasteiger partial charge in [0.1, 0.15) is 0 Å². The van der Waals surface area contributed by atoms with Crippen LogP contribution in [0, 0.1) is 0 Å². The van der Waals surface area contributed by atoms with Gasteiger partial charge in [-0.3, -0.25) is 0 Å². The molecule has 0 bridgehead atoms. The van der Waals surface area contributed by atoms with Gasteiger partial charge in [-0.2, -0.15) is 0 Å². The first-order valence-corrected chi connectivity index (χ1v) is 7.89. The molecule has 1 atom stereocenters. The van der Waals surface area contributed by atoms with Gasteiger partial charge >= 0.3 is 106 Å². The van der Waals surface area contributed by atoms with E-state index in [0.717, 1.165) is 12.2 Å². The molecule has 0 aliphatic carbocycles. The molecule has 2 aromatic rings. The Balaban J connectivity index is 1.73. The van der Waals surface area contributed by atoms with Crippen LogP contribution in [0.4, 0.5) is 0 Å². The van der Waals surface area contributed by atoms with Crippen LogP contribution in [0.25, 0.3) is 0 Å². The average Bonchev–Trinajstić information content (AvgIpc) is 2.72. The topological polar surface area (TPSA) is 9.23 Å². The van der Waals surface area contributed by atoms with E-state index in [0.29, 0.717) is 4.15 Å². The Morgan fingerprint density at radius 2 is 1.69 bits per heavy atom. The molecule has 0 saturated carbocycles. The van der Waals surface area contributed by atoms with Crippen molar-refractivity contribution < 1.29 is 4.74 Å². The molecule has 0 aromatic heterocycles. The van der Waals surface area contributed by atoms with Crippen molar-refractivity contribution in [1.82, 2.24) is 0 Å². The van der Waals surface area contributed by atoms with Crippen molar-refractivity contribution in [3.05, 3.63) is 60.2 Å². The van der Waals surface area contributed by atoms with Gasteiger partial charge in [0.05, 0.1) is 0 Å². The molecule has 2 aromatic carbocycles. The molecule has 0 spiro atoms. The Morgan fingerprint density at radius 1 is 0.938 bits per heavy atom. The fraction of sp³-hybridized carbons (Fsp3) is 0.143. The molecule has 0 radical (unpaired) electrons. The van der Waals surface area contributed by atoms with Crippen LogP contribution in [0.2, 0.25) is 0 Å². The van der Waals surface area contributed by atoms with E-state index in [-0.39, 0.29) is 20.9 Å². The molecule has 3 rings (SSSR count). The van der Waals surface area contributed by atoms with E-state index < -0.39 is 0 Å². The summed E-state index contributed by atoms with van der Waals surface area (Å²) in [4.78, 5) is 0. The van der Waals surface area contributed by atoms with Gasteiger partial charge in [-0.1, -0.05) is 0 Å². The molecular weight excluding hydrogens is 312 g/mol. The third-order valence-corrected chi connectivity index (χ3v) is 5.68. The number of hydrogen-bond donors (Lipinski definition) is 0. The quantitative estimate of drug-likeness (QED) is 0.768. The Morgan fingerprint density at radius 3 is 2.50 bits per heavy atom. The molecular formula is C14H12OTe. The SMILES string of the molecule is c1ccc([Te]C2Cc3ccccc3O2)cc1. The molecule has 1 aliphatic heterocycles. The van der Waals surface area contributed by atoms with Crippen LogP contribution in [-0.2, 0) is 6.42 Å². The maximum absolute atomic E-state index is 5.97.